The molecule has 1 heterocycles. The van der Waals surface area contributed by atoms with Crippen molar-refractivity contribution in [2.24, 2.45) is 5.92 Å². The van der Waals surface area contributed by atoms with Gasteiger partial charge in [0.2, 0.25) is 5.91 Å². The molecule has 2 N–H and O–H groups in total. The number of aliphatic hydroxyl groups excluding tert-OH is 1. The summed E-state index contributed by atoms with van der Waals surface area (Å²) in [6, 6.07) is -0.0386. The molecule has 1 amide bonds. The third-order valence-electron chi connectivity index (χ3n) is 4.48. The molecule has 104 valence electrons. The second-order valence-corrected chi connectivity index (χ2v) is 5.86. The second-order valence-electron chi connectivity index (χ2n) is 5.86. The van der Waals surface area contributed by atoms with Crippen LogP contribution < -0.4 is 5.32 Å². The number of aliphatic hydroxyl groups is 1. The molecule has 1 saturated heterocycles. The van der Waals surface area contributed by atoms with Crippen molar-refractivity contribution < 1.29 is 9.90 Å². The normalized spacial score (nSPS) is 30.1. The van der Waals surface area contributed by atoms with E-state index in [-0.39, 0.29) is 11.9 Å². The number of amides is 1. The van der Waals surface area contributed by atoms with Crippen molar-refractivity contribution in [3.05, 3.63) is 0 Å². The molecule has 2 aliphatic rings. The van der Waals surface area contributed by atoms with E-state index in [0.717, 1.165) is 0 Å². The van der Waals surface area contributed by atoms with Crippen LogP contribution in [0.5, 0.6) is 0 Å². The smallest absolute Gasteiger partial charge is 0.222 e. The van der Waals surface area contributed by atoms with Gasteiger partial charge in [0.05, 0.1) is 12.1 Å². The van der Waals surface area contributed by atoms with E-state index in [1.54, 1.807) is 4.90 Å². The van der Waals surface area contributed by atoms with Crippen molar-refractivity contribution in [2.45, 2.75) is 57.1 Å². The fourth-order valence-corrected chi connectivity index (χ4v) is 3.19. The first kappa shape index (κ1) is 13.8. The van der Waals surface area contributed by atoms with Crippen LogP contribution in [0.2, 0.25) is 0 Å². The molecule has 0 aromatic carbocycles. The Labute approximate surface area is 110 Å². The zero-order valence-corrected chi connectivity index (χ0v) is 11.4. The van der Waals surface area contributed by atoms with Crippen LogP contribution in [0.1, 0.15) is 44.9 Å². The maximum Gasteiger partial charge on any atom is 0.222 e. The average Bonchev–Trinajstić information content (AvgIpc) is 2.62. The third-order valence-corrected chi connectivity index (χ3v) is 4.48. The molecule has 0 radical (unpaired) electrons. The summed E-state index contributed by atoms with van der Waals surface area (Å²) in [5, 5.41) is 12.9. The Morgan fingerprint density at radius 3 is 2.44 bits per heavy atom. The summed E-state index contributed by atoms with van der Waals surface area (Å²) >= 11 is 0. The maximum atomic E-state index is 12.2. The summed E-state index contributed by atoms with van der Waals surface area (Å²) < 4.78 is 0. The molecule has 0 unspecified atom stereocenters. The third kappa shape index (κ3) is 3.45. The molecule has 2 fully saturated rings. The number of hydrogen-bond donors (Lipinski definition) is 2. The second kappa shape index (κ2) is 6.53. The minimum Gasteiger partial charge on any atom is -0.390 e. The van der Waals surface area contributed by atoms with Crippen LogP contribution in [-0.2, 0) is 4.79 Å². The van der Waals surface area contributed by atoms with Crippen LogP contribution in [0, 0.1) is 5.92 Å². The van der Waals surface area contributed by atoms with Gasteiger partial charge in [0.25, 0.3) is 0 Å². The molecule has 18 heavy (non-hydrogen) atoms. The highest BCUT2D eigenvalue weighted by Gasteiger charge is 2.31. The van der Waals surface area contributed by atoms with Gasteiger partial charge in [-0.15, -0.1) is 0 Å². The largest absolute Gasteiger partial charge is 0.390 e. The number of carbonyl (C=O) groups excluding carboxylic acids is 1. The standard InChI is InChI=1S/C14H26N2O2/c1-16(12-9-15-10-13(12)17)14(18)8-11-6-4-2-3-5-7-11/h11-13,15,17H,2-10H2,1H3/t12-,13-/m0/s1. The molecular weight excluding hydrogens is 228 g/mol. The molecule has 0 spiro atoms. The van der Waals surface area contributed by atoms with Gasteiger partial charge in [0.15, 0.2) is 0 Å². The van der Waals surface area contributed by atoms with Crippen molar-refractivity contribution in [3.8, 4) is 0 Å². The zero-order valence-electron chi connectivity index (χ0n) is 11.4. The van der Waals surface area contributed by atoms with Crippen LogP contribution in [0.3, 0.4) is 0 Å². The number of likely N-dealkylation sites (N-methyl/N-ethyl adjacent to an activating group) is 1. The van der Waals surface area contributed by atoms with E-state index < -0.39 is 6.10 Å². The van der Waals surface area contributed by atoms with Gasteiger partial charge < -0.3 is 15.3 Å². The SMILES string of the molecule is CN(C(=O)CC1CCCCCC1)[C@H]1CNC[C@@H]1O. The Morgan fingerprint density at radius 2 is 1.89 bits per heavy atom. The Balaban J connectivity index is 1.82. The monoisotopic (exact) mass is 254 g/mol. The first-order chi connectivity index (χ1) is 8.68. The lowest BCUT2D eigenvalue weighted by Crippen LogP contribution is -2.44. The highest BCUT2D eigenvalue weighted by molar-refractivity contribution is 5.76. The molecule has 0 bridgehead atoms. The van der Waals surface area contributed by atoms with E-state index in [1.807, 2.05) is 7.05 Å². The highest BCUT2D eigenvalue weighted by atomic mass is 16.3. The molecule has 4 nitrogen and oxygen atoms in total. The van der Waals surface area contributed by atoms with Gasteiger partial charge in [0.1, 0.15) is 0 Å². The van der Waals surface area contributed by atoms with Gasteiger partial charge in [-0.25, -0.2) is 0 Å². The molecule has 1 saturated carbocycles. The van der Waals surface area contributed by atoms with E-state index >= 15 is 0 Å². The molecule has 0 aromatic rings. The maximum absolute atomic E-state index is 12.2. The fraction of sp³-hybridized carbons (Fsp3) is 0.929. The van der Waals surface area contributed by atoms with Crippen molar-refractivity contribution in [3.63, 3.8) is 0 Å². The predicted octanol–water partition coefficient (Wildman–Crippen LogP) is 1.14. The number of nitrogens with zero attached hydrogens (tertiary/aromatic N) is 1. The number of rotatable bonds is 3. The lowest BCUT2D eigenvalue weighted by molar-refractivity contribution is -0.134. The van der Waals surface area contributed by atoms with Crippen LogP contribution in [0.4, 0.5) is 0 Å². The highest BCUT2D eigenvalue weighted by Crippen LogP contribution is 2.26. The van der Waals surface area contributed by atoms with Crippen LogP contribution >= 0.6 is 0 Å². The lowest BCUT2D eigenvalue weighted by atomic mass is 9.95. The molecule has 2 rings (SSSR count). The lowest BCUT2D eigenvalue weighted by Gasteiger charge is -2.28. The van der Waals surface area contributed by atoms with E-state index in [2.05, 4.69) is 5.32 Å². The summed E-state index contributed by atoms with van der Waals surface area (Å²) in [7, 11) is 1.83. The van der Waals surface area contributed by atoms with Gasteiger partial charge in [-0.2, -0.15) is 0 Å². The van der Waals surface area contributed by atoms with Gasteiger partial charge in [-0.1, -0.05) is 25.7 Å². The zero-order chi connectivity index (χ0) is 13.0. The number of hydrogen-bond acceptors (Lipinski definition) is 3. The number of carbonyl (C=O) groups is 1. The fourth-order valence-electron chi connectivity index (χ4n) is 3.19. The summed E-state index contributed by atoms with van der Waals surface area (Å²) in [6.07, 6.45) is 7.85. The minimum atomic E-state index is -0.409. The topological polar surface area (TPSA) is 52.6 Å². The Bertz CT molecular complexity index is 275. The quantitative estimate of drug-likeness (QED) is 0.743. The number of β-amino-alcohol motifs (C(OH)–C–C–N with tert-alkyl or cyclic N) is 1. The Kier molecular flexibility index (Phi) is 5.01. The van der Waals surface area contributed by atoms with Gasteiger partial charge in [0, 0.05) is 26.6 Å². The predicted molar refractivity (Wildman–Crippen MR) is 71.2 cm³/mol. The molecule has 0 aromatic heterocycles. The average molecular weight is 254 g/mol. The van der Waals surface area contributed by atoms with E-state index in [0.29, 0.717) is 25.4 Å². The molecule has 1 aliphatic heterocycles. The van der Waals surface area contributed by atoms with Crippen LogP contribution in [-0.4, -0.2) is 48.2 Å². The van der Waals surface area contributed by atoms with Crippen molar-refractivity contribution in [1.82, 2.24) is 10.2 Å². The summed E-state index contributed by atoms with van der Waals surface area (Å²) in [5.41, 5.74) is 0. The first-order valence-electron chi connectivity index (χ1n) is 7.33. The van der Waals surface area contributed by atoms with E-state index in [4.69, 9.17) is 0 Å². The first-order valence-corrected chi connectivity index (χ1v) is 7.33. The molecular formula is C14H26N2O2. The van der Waals surface area contributed by atoms with Crippen molar-refractivity contribution in [1.29, 1.82) is 0 Å². The van der Waals surface area contributed by atoms with Gasteiger partial charge in [-0.3, -0.25) is 4.79 Å². The van der Waals surface area contributed by atoms with E-state index in [1.165, 1.54) is 38.5 Å². The van der Waals surface area contributed by atoms with Crippen molar-refractivity contribution >= 4 is 5.91 Å². The van der Waals surface area contributed by atoms with E-state index in [9.17, 15) is 9.90 Å². The van der Waals surface area contributed by atoms with Gasteiger partial charge >= 0.3 is 0 Å². The van der Waals surface area contributed by atoms with Crippen LogP contribution in [0.25, 0.3) is 0 Å². The van der Waals surface area contributed by atoms with Crippen LogP contribution in [0.15, 0.2) is 0 Å². The number of nitrogens with one attached hydrogen (secondary N) is 1. The molecule has 2 atom stereocenters. The minimum absolute atomic E-state index is 0.0386. The summed E-state index contributed by atoms with van der Waals surface area (Å²) in [6.45, 7) is 1.32. The summed E-state index contributed by atoms with van der Waals surface area (Å²) in [5.74, 6) is 0.767. The van der Waals surface area contributed by atoms with Crippen molar-refractivity contribution in [2.75, 3.05) is 20.1 Å². The molecule has 4 heteroatoms. The Hall–Kier alpha value is -0.610. The molecule has 1 aliphatic carbocycles. The Morgan fingerprint density at radius 1 is 1.22 bits per heavy atom. The van der Waals surface area contributed by atoms with Gasteiger partial charge in [-0.05, 0) is 18.8 Å². The summed E-state index contributed by atoms with van der Waals surface area (Å²) in [4.78, 5) is 14.0.